The Morgan fingerprint density at radius 2 is 1.85 bits per heavy atom. The van der Waals surface area contributed by atoms with Crippen molar-refractivity contribution in [2.75, 3.05) is 13.2 Å². The zero-order valence-electron chi connectivity index (χ0n) is 14.9. The topological polar surface area (TPSA) is 73.9 Å². The highest BCUT2D eigenvalue weighted by atomic mass is 16.6. The molecule has 6 nitrogen and oxygen atoms in total. The van der Waals surface area contributed by atoms with Gasteiger partial charge in [-0.2, -0.15) is 0 Å². The predicted molar refractivity (Wildman–Crippen MR) is 99.1 cm³/mol. The summed E-state index contributed by atoms with van der Waals surface area (Å²) in [6, 6.07) is 13.3. The van der Waals surface area contributed by atoms with Crippen molar-refractivity contribution in [3.63, 3.8) is 0 Å². The van der Waals surface area contributed by atoms with Crippen LogP contribution in [0.5, 0.6) is 5.75 Å². The Morgan fingerprint density at radius 1 is 1.12 bits per heavy atom. The van der Waals surface area contributed by atoms with Gasteiger partial charge in [0.15, 0.2) is 0 Å². The molecule has 0 bridgehead atoms. The van der Waals surface area contributed by atoms with Crippen LogP contribution in [0.25, 0.3) is 10.8 Å². The number of amides is 1. The van der Waals surface area contributed by atoms with Gasteiger partial charge in [0.1, 0.15) is 11.9 Å². The van der Waals surface area contributed by atoms with Crippen LogP contribution in [-0.2, 0) is 14.3 Å². The molecule has 0 heterocycles. The fraction of sp³-hybridized carbons (Fsp3) is 0.300. The third-order valence-corrected chi connectivity index (χ3v) is 3.56. The second-order valence-electron chi connectivity index (χ2n) is 5.87. The molecule has 0 radical (unpaired) electrons. The molecule has 6 heteroatoms. The van der Waals surface area contributed by atoms with Gasteiger partial charge in [-0.25, -0.2) is 9.59 Å². The normalized spacial score (nSPS) is 12.8. The van der Waals surface area contributed by atoms with E-state index < -0.39 is 18.2 Å². The number of carbonyl (C=O) groups is 2. The van der Waals surface area contributed by atoms with Crippen LogP contribution in [0.2, 0.25) is 0 Å². The molecule has 2 aromatic rings. The largest absolute Gasteiger partial charge is 0.457 e. The predicted octanol–water partition coefficient (Wildman–Crippen LogP) is 3.45. The zero-order valence-corrected chi connectivity index (χ0v) is 14.9. The summed E-state index contributed by atoms with van der Waals surface area (Å²) in [4.78, 5) is 23.0. The molecule has 1 amide bonds. The van der Waals surface area contributed by atoms with Gasteiger partial charge >= 0.3 is 12.1 Å². The van der Waals surface area contributed by atoms with Crippen molar-refractivity contribution in [3.05, 3.63) is 55.1 Å². The summed E-state index contributed by atoms with van der Waals surface area (Å²) in [5.41, 5.74) is 0. The van der Waals surface area contributed by atoms with Crippen LogP contribution < -0.4 is 10.1 Å². The monoisotopic (exact) mass is 357 g/mol. The van der Waals surface area contributed by atoms with Gasteiger partial charge in [0.25, 0.3) is 0 Å². The molecule has 0 aliphatic heterocycles. The molecule has 138 valence electrons. The van der Waals surface area contributed by atoms with E-state index in [0.717, 1.165) is 16.8 Å². The Morgan fingerprint density at radius 3 is 2.58 bits per heavy atom. The van der Waals surface area contributed by atoms with Crippen molar-refractivity contribution in [3.8, 4) is 5.75 Å². The third kappa shape index (κ3) is 6.22. The van der Waals surface area contributed by atoms with Gasteiger partial charge in [0.05, 0.1) is 12.7 Å². The van der Waals surface area contributed by atoms with Crippen molar-refractivity contribution in [2.45, 2.75) is 26.1 Å². The van der Waals surface area contributed by atoms with Crippen LogP contribution >= 0.6 is 0 Å². The standard InChI is InChI=1S/C20H23NO5/c1-4-19(22)25-15(3)13-24-14(2)12-21-20(23)26-18-10-9-16-7-5-6-8-17(16)11-18/h4-11,14-15H,1,12-13H2,2-3H3,(H,21,23). The molecule has 0 fully saturated rings. The Labute approximate surface area is 152 Å². The van der Waals surface area contributed by atoms with Crippen molar-refractivity contribution in [1.82, 2.24) is 5.32 Å². The lowest BCUT2D eigenvalue weighted by atomic mass is 10.1. The van der Waals surface area contributed by atoms with Crippen LogP contribution in [0.4, 0.5) is 4.79 Å². The van der Waals surface area contributed by atoms with Gasteiger partial charge in [0, 0.05) is 12.6 Å². The first-order valence-corrected chi connectivity index (χ1v) is 8.37. The van der Waals surface area contributed by atoms with E-state index in [-0.39, 0.29) is 19.3 Å². The Kier molecular flexibility index (Phi) is 7.17. The minimum atomic E-state index is -0.554. The minimum absolute atomic E-state index is 0.224. The molecule has 0 saturated carbocycles. The van der Waals surface area contributed by atoms with E-state index in [1.807, 2.05) is 36.4 Å². The number of hydrogen-bond acceptors (Lipinski definition) is 5. The van der Waals surface area contributed by atoms with Gasteiger partial charge in [-0.1, -0.05) is 36.9 Å². The highest BCUT2D eigenvalue weighted by Gasteiger charge is 2.11. The first kappa shape index (κ1) is 19.5. The Hall–Kier alpha value is -2.86. The number of rotatable bonds is 8. The maximum absolute atomic E-state index is 11.9. The summed E-state index contributed by atoms with van der Waals surface area (Å²) >= 11 is 0. The molecule has 0 saturated heterocycles. The van der Waals surface area contributed by atoms with Crippen LogP contribution in [0, 0.1) is 0 Å². The van der Waals surface area contributed by atoms with Gasteiger partial charge in [-0.3, -0.25) is 0 Å². The fourth-order valence-corrected chi connectivity index (χ4v) is 2.24. The molecule has 0 aromatic heterocycles. The summed E-state index contributed by atoms with van der Waals surface area (Å²) < 4.78 is 15.8. The van der Waals surface area contributed by atoms with E-state index >= 15 is 0 Å². The smallest absolute Gasteiger partial charge is 0.412 e. The van der Waals surface area contributed by atoms with Crippen LogP contribution in [0.3, 0.4) is 0 Å². The maximum Gasteiger partial charge on any atom is 0.412 e. The third-order valence-electron chi connectivity index (χ3n) is 3.56. The van der Waals surface area contributed by atoms with Crippen LogP contribution in [0.1, 0.15) is 13.8 Å². The molecule has 2 rings (SSSR count). The van der Waals surface area contributed by atoms with E-state index in [2.05, 4.69) is 11.9 Å². The van der Waals surface area contributed by atoms with Crippen LogP contribution in [0.15, 0.2) is 55.1 Å². The molecule has 0 aliphatic rings. The van der Waals surface area contributed by atoms with E-state index in [0.29, 0.717) is 5.75 Å². The number of fused-ring (bicyclic) bond motifs is 1. The lowest BCUT2D eigenvalue weighted by Gasteiger charge is -2.17. The number of ether oxygens (including phenoxy) is 3. The van der Waals surface area contributed by atoms with E-state index in [1.54, 1.807) is 19.9 Å². The fourth-order valence-electron chi connectivity index (χ4n) is 2.24. The second-order valence-corrected chi connectivity index (χ2v) is 5.87. The molecular formula is C20H23NO5. The minimum Gasteiger partial charge on any atom is -0.457 e. The summed E-state index contributed by atoms with van der Waals surface area (Å²) in [6.07, 6.45) is -0.108. The SMILES string of the molecule is C=CC(=O)OC(C)COC(C)CNC(=O)Oc1ccc2ccccc2c1. The number of hydrogen-bond donors (Lipinski definition) is 1. The van der Waals surface area contributed by atoms with Crippen molar-refractivity contribution in [2.24, 2.45) is 0 Å². The van der Waals surface area contributed by atoms with E-state index in [9.17, 15) is 9.59 Å². The van der Waals surface area contributed by atoms with Crippen LogP contribution in [-0.4, -0.2) is 37.4 Å². The summed E-state index contributed by atoms with van der Waals surface area (Å²) in [7, 11) is 0. The molecule has 2 unspecified atom stereocenters. The van der Waals surface area contributed by atoms with Gasteiger partial charge in [-0.15, -0.1) is 0 Å². The van der Waals surface area contributed by atoms with Gasteiger partial charge < -0.3 is 19.5 Å². The van der Waals surface area contributed by atoms with Crippen molar-refractivity contribution in [1.29, 1.82) is 0 Å². The van der Waals surface area contributed by atoms with Gasteiger partial charge in [-0.05, 0) is 36.8 Å². The van der Waals surface area contributed by atoms with Gasteiger partial charge in [0.2, 0.25) is 0 Å². The number of benzene rings is 2. The molecular weight excluding hydrogens is 334 g/mol. The number of carbonyl (C=O) groups excluding carboxylic acids is 2. The zero-order chi connectivity index (χ0) is 18.9. The highest BCUT2D eigenvalue weighted by Crippen LogP contribution is 2.20. The quantitative estimate of drug-likeness (QED) is 0.579. The summed E-state index contributed by atoms with van der Waals surface area (Å²) in [5.74, 6) is -0.0226. The lowest BCUT2D eigenvalue weighted by molar-refractivity contribution is -0.145. The average molecular weight is 357 g/mol. The van der Waals surface area contributed by atoms with Crippen molar-refractivity contribution >= 4 is 22.8 Å². The Bertz CT molecular complexity index is 774. The molecule has 2 atom stereocenters. The molecule has 26 heavy (non-hydrogen) atoms. The van der Waals surface area contributed by atoms with E-state index in [4.69, 9.17) is 14.2 Å². The summed E-state index contributed by atoms with van der Waals surface area (Å²) in [5, 5.41) is 4.72. The number of nitrogens with one attached hydrogen (secondary N) is 1. The first-order valence-electron chi connectivity index (χ1n) is 8.37. The lowest BCUT2D eigenvalue weighted by Crippen LogP contribution is -2.35. The molecule has 0 aliphatic carbocycles. The first-order chi connectivity index (χ1) is 12.5. The molecule has 2 aromatic carbocycles. The van der Waals surface area contributed by atoms with E-state index in [1.165, 1.54) is 0 Å². The average Bonchev–Trinajstić information content (AvgIpc) is 2.64. The highest BCUT2D eigenvalue weighted by molar-refractivity contribution is 5.84. The molecule has 0 spiro atoms. The molecule has 1 N–H and O–H groups in total. The van der Waals surface area contributed by atoms with Crippen molar-refractivity contribution < 1.29 is 23.8 Å². The maximum atomic E-state index is 11.9. The second kappa shape index (κ2) is 9.58. The Balaban J connectivity index is 1.73. The number of esters is 1. The summed E-state index contributed by atoms with van der Waals surface area (Å²) in [6.45, 7) is 7.35.